The van der Waals surface area contributed by atoms with Crippen molar-refractivity contribution >= 4 is 42.8 Å². The Balaban J connectivity index is 2.50. The summed E-state index contributed by atoms with van der Waals surface area (Å²) in [6.45, 7) is -0.385. The van der Waals surface area contributed by atoms with Gasteiger partial charge in [-0.25, -0.2) is 0 Å². The van der Waals surface area contributed by atoms with Crippen molar-refractivity contribution in [3.8, 4) is 5.75 Å². The normalized spacial score (nSPS) is 12.5. The molecule has 1 aromatic carbocycles. The van der Waals surface area contributed by atoms with Crippen LogP contribution in [0.3, 0.4) is 0 Å². The largest absolute Gasteiger partial charge is 0.508 e. The summed E-state index contributed by atoms with van der Waals surface area (Å²) in [5.41, 5.74) is 6.55. The number of aliphatic carboxylic acids is 1. The SMILES string of the molecule is [B]CNC(=S)[C@H](CC(=O)O)NC(=O)CNC(=O)[C@@H](N)Cc1ccc(O)cc1. The zero-order chi connectivity index (χ0) is 20.4. The Morgan fingerprint density at radius 2 is 1.81 bits per heavy atom. The molecule has 2 amide bonds. The summed E-state index contributed by atoms with van der Waals surface area (Å²) in [7, 11) is 5.29. The number of phenolic OH excluding ortho intramolecular Hbond substituents is 1. The molecule has 7 N–H and O–H groups in total. The van der Waals surface area contributed by atoms with Crippen molar-refractivity contribution in [2.45, 2.75) is 24.9 Å². The molecule has 0 spiro atoms. The fourth-order valence-electron chi connectivity index (χ4n) is 2.13. The molecule has 1 aromatic rings. The van der Waals surface area contributed by atoms with E-state index in [0.29, 0.717) is 0 Å². The average molecular weight is 392 g/mol. The highest BCUT2D eigenvalue weighted by atomic mass is 32.1. The number of carboxylic acid groups (broad SMARTS) is 1. The van der Waals surface area contributed by atoms with Gasteiger partial charge in [0.15, 0.2) is 0 Å². The molecule has 0 aromatic heterocycles. The van der Waals surface area contributed by atoms with Crippen LogP contribution in [0, 0.1) is 0 Å². The number of phenols is 1. The van der Waals surface area contributed by atoms with Crippen LogP contribution < -0.4 is 21.7 Å². The zero-order valence-electron chi connectivity index (χ0n) is 14.5. The lowest BCUT2D eigenvalue weighted by molar-refractivity contribution is -0.137. The highest BCUT2D eigenvalue weighted by Crippen LogP contribution is 2.10. The second-order valence-corrected chi connectivity index (χ2v) is 6.10. The molecule has 0 saturated heterocycles. The number of carbonyl (C=O) groups excluding carboxylic acids is 2. The minimum Gasteiger partial charge on any atom is -0.508 e. The van der Waals surface area contributed by atoms with E-state index in [-0.39, 0.29) is 30.1 Å². The number of nitrogens with two attached hydrogens (primary N) is 1. The summed E-state index contributed by atoms with van der Waals surface area (Å²) in [6, 6.07) is 4.39. The highest BCUT2D eigenvalue weighted by Gasteiger charge is 2.21. The fraction of sp³-hybridized carbons (Fsp3) is 0.375. The Morgan fingerprint density at radius 3 is 2.37 bits per heavy atom. The van der Waals surface area contributed by atoms with Gasteiger partial charge in [-0.3, -0.25) is 14.4 Å². The topological polar surface area (TPSA) is 154 Å². The van der Waals surface area contributed by atoms with Gasteiger partial charge in [-0.05, 0) is 30.6 Å². The first-order valence-electron chi connectivity index (χ1n) is 8.03. The van der Waals surface area contributed by atoms with Gasteiger partial charge in [-0.1, -0.05) is 24.4 Å². The van der Waals surface area contributed by atoms with Crippen LogP contribution in [0.4, 0.5) is 0 Å². The molecular formula is C16H21BN4O5S. The Labute approximate surface area is 163 Å². The Morgan fingerprint density at radius 1 is 1.19 bits per heavy atom. The number of thiocarbonyl (C=S) groups is 1. The summed E-state index contributed by atoms with van der Waals surface area (Å²) in [5, 5.41) is 25.5. The number of carbonyl (C=O) groups is 3. The maximum absolute atomic E-state index is 12.0. The summed E-state index contributed by atoms with van der Waals surface area (Å²) in [5.74, 6) is -2.21. The number of nitrogens with one attached hydrogen (secondary N) is 3. The van der Waals surface area contributed by atoms with Crippen molar-refractivity contribution in [3.63, 3.8) is 0 Å². The smallest absolute Gasteiger partial charge is 0.305 e. The molecule has 27 heavy (non-hydrogen) atoms. The highest BCUT2D eigenvalue weighted by molar-refractivity contribution is 7.80. The van der Waals surface area contributed by atoms with Gasteiger partial charge in [0, 0.05) is 0 Å². The second kappa shape index (κ2) is 11.1. The maximum atomic E-state index is 12.0. The van der Waals surface area contributed by atoms with Crippen molar-refractivity contribution in [3.05, 3.63) is 29.8 Å². The van der Waals surface area contributed by atoms with Crippen LogP contribution in [0.2, 0.25) is 0 Å². The van der Waals surface area contributed by atoms with Crippen LogP contribution in [0.15, 0.2) is 24.3 Å². The third kappa shape index (κ3) is 8.51. The first-order chi connectivity index (χ1) is 12.7. The molecule has 0 heterocycles. The van der Waals surface area contributed by atoms with Gasteiger partial charge >= 0.3 is 5.97 Å². The molecular weight excluding hydrogens is 371 g/mol. The second-order valence-electron chi connectivity index (χ2n) is 5.66. The van der Waals surface area contributed by atoms with Gasteiger partial charge in [-0.2, -0.15) is 0 Å². The van der Waals surface area contributed by atoms with Crippen molar-refractivity contribution < 1.29 is 24.6 Å². The first kappa shape index (κ1) is 22.4. The molecule has 0 unspecified atom stereocenters. The Kier molecular flexibility index (Phi) is 9.24. The lowest BCUT2D eigenvalue weighted by Gasteiger charge is -2.19. The molecule has 0 aliphatic heterocycles. The van der Waals surface area contributed by atoms with E-state index < -0.39 is 36.3 Å². The van der Waals surface area contributed by atoms with E-state index in [1.165, 1.54) is 12.1 Å². The lowest BCUT2D eigenvalue weighted by Crippen LogP contribution is -2.51. The van der Waals surface area contributed by atoms with E-state index >= 15 is 0 Å². The van der Waals surface area contributed by atoms with E-state index in [2.05, 4.69) is 16.0 Å². The Hall–Kier alpha value is -2.66. The minimum atomic E-state index is -1.15. The fourth-order valence-corrected chi connectivity index (χ4v) is 2.36. The van der Waals surface area contributed by atoms with Crippen LogP contribution in [0.1, 0.15) is 12.0 Å². The number of hydrogen-bond donors (Lipinski definition) is 6. The number of carboxylic acids is 1. The molecule has 0 aliphatic carbocycles. The zero-order valence-corrected chi connectivity index (χ0v) is 15.3. The van der Waals surface area contributed by atoms with Crippen molar-refractivity contribution in [1.82, 2.24) is 16.0 Å². The predicted molar refractivity (Wildman–Crippen MR) is 103 cm³/mol. The summed E-state index contributed by atoms with van der Waals surface area (Å²) in [6.07, 6.45) is -0.209. The quantitative estimate of drug-likeness (QED) is 0.205. The van der Waals surface area contributed by atoms with Crippen molar-refractivity contribution in [1.29, 1.82) is 0 Å². The van der Waals surface area contributed by atoms with E-state index in [1.807, 2.05) is 0 Å². The van der Waals surface area contributed by atoms with Gasteiger partial charge in [0.1, 0.15) is 5.75 Å². The molecule has 1 rings (SSSR count). The molecule has 2 radical (unpaired) electrons. The van der Waals surface area contributed by atoms with Crippen LogP contribution in [-0.4, -0.2) is 65.9 Å². The van der Waals surface area contributed by atoms with E-state index in [9.17, 15) is 19.5 Å². The van der Waals surface area contributed by atoms with Crippen LogP contribution >= 0.6 is 12.2 Å². The molecule has 2 atom stereocenters. The maximum Gasteiger partial charge on any atom is 0.305 e. The molecule has 9 nitrogen and oxygen atoms in total. The van der Waals surface area contributed by atoms with Crippen LogP contribution in [-0.2, 0) is 20.8 Å². The number of hydrogen-bond acceptors (Lipinski definition) is 6. The van der Waals surface area contributed by atoms with Gasteiger partial charge in [0.05, 0.1) is 37.9 Å². The number of amides is 2. The van der Waals surface area contributed by atoms with Crippen molar-refractivity contribution in [2.24, 2.45) is 5.73 Å². The first-order valence-corrected chi connectivity index (χ1v) is 8.44. The summed E-state index contributed by atoms with van der Waals surface area (Å²) in [4.78, 5) is 34.9. The van der Waals surface area contributed by atoms with Gasteiger partial charge in [-0.15, -0.1) is 0 Å². The van der Waals surface area contributed by atoms with Crippen LogP contribution in [0.25, 0.3) is 0 Å². The number of benzene rings is 1. The average Bonchev–Trinajstić information content (AvgIpc) is 2.60. The molecule has 0 fully saturated rings. The summed E-state index contributed by atoms with van der Waals surface area (Å²) < 4.78 is 0. The minimum absolute atomic E-state index is 0.00628. The number of rotatable bonds is 10. The van der Waals surface area contributed by atoms with Crippen molar-refractivity contribution in [2.75, 3.05) is 13.0 Å². The Bertz CT molecular complexity index is 686. The van der Waals surface area contributed by atoms with E-state index in [0.717, 1.165) is 5.56 Å². The molecule has 0 bridgehead atoms. The standard InChI is InChI=1S/C16H21BN4O5S/c17-8-20-16(27)12(6-14(24)25)21-13(23)7-19-15(26)11(18)5-9-1-3-10(22)4-2-9/h1-4,11-12,22H,5-8,18H2,(H,19,26)(H,20,27)(H,21,23)(H,24,25)/t11-,12-/m0/s1. The third-order valence-electron chi connectivity index (χ3n) is 3.46. The van der Waals surface area contributed by atoms with Crippen LogP contribution in [0.5, 0.6) is 5.75 Å². The van der Waals surface area contributed by atoms with Gasteiger partial charge in [0.2, 0.25) is 11.8 Å². The van der Waals surface area contributed by atoms with E-state index in [4.69, 9.17) is 30.9 Å². The monoisotopic (exact) mass is 392 g/mol. The summed E-state index contributed by atoms with van der Waals surface area (Å²) >= 11 is 4.98. The molecule has 0 aliphatic rings. The van der Waals surface area contributed by atoms with Gasteiger partial charge in [0.25, 0.3) is 0 Å². The number of aromatic hydroxyl groups is 1. The molecule has 11 heteroatoms. The lowest BCUT2D eigenvalue weighted by atomic mass is 10.1. The molecule has 0 saturated carbocycles. The predicted octanol–water partition coefficient (Wildman–Crippen LogP) is -1.62. The van der Waals surface area contributed by atoms with Gasteiger partial charge < -0.3 is 31.9 Å². The third-order valence-corrected chi connectivity index (χ3v) is 3.89. The van der Waals surface area contributed by atoms with E-state index in [1.54, 1.807) is 12.1 Å². The molecule has 144 valence electrons.